The molecule has 0 aliphatic carbocycles. The molecule has 0 radical (unpaired) electrons. The van der Waals surface area contributed by atoms with E-state index >= 15 is 0 Å². The molecule has 2 aliphatic heterocycles. The zero-order valence-corrected chi connectivity index (χ0v) is 21.1. The summed E-state index contributed by atoms with van der Waals surface area (Å²) >= 11 is 5.11. The standard InChI is InChI=1S/C22H25BrN6O4S/c1-2-31-22(30)28-7-4-3-5-13(28)6-8-29-20-18(19(24)25-11-26-20)27-21(29)34-17-10-16-15(9-14(17)23)32-12-33-16/h9-11,13H,2-8,12H2,1H3,(H2,24,25,26). The number of anilines is 1. The lowest BCUT2D eigenvalue weighted by atomic mass is 10.00. The van der Waals surface area contributed by atoms with Gasteiger partial charge in [-0.05, 0) is 60.7 Å². The van der Waals surface area contributed by atoms with Crippen molar-refractivity contribution in [1.29, 1.82) is 0 Å². The number of nitrogens with two attached hydrogens (primary N) is 1. The van der Waals surface area contributed by atoms with Crippen molar-refractivity contribution >= 4 is 50.8 Å². The van der Waals surface area contributed by atoms with Gasteiger partial charge in [0.25, 0.3) is 0 Å². The number of ether oxygens (including phenoxy) is 3. The number of nitrogens with zero attached hydrogens (tertiary/aromatic N) is 5. The van der Waals surface area contributed by atoms with Crippen molar-refractivity contribution in [2.75, 3.05) is 25.7 Å². The fourth-order valence-electron chi connectivity index (χ4n) is 4.31. The highest BCUT2D eigenvalue weighted by atomic mass is 79.9. The SMILES string of the molecule is CCOC(=O)N1CCCCC1CCn1c(Sc2cc3c(cc2Br)OCO3)nc2c(N)ncnc21. The molecule has 1 saturated heterocycles. The van der Waals surface area contributed by atoms with Crippen molar-refractivity contribution in [3.63, 3.8) is 0 Å². The number of piperidine rings is 1. The van der Waals surface area contributed by atoms with Crippen LogP contribution < -0.4 is 15.2 Å². The molecule has 3 aromatic rings. The summed E-state index contributed by atoms with van der Waals surface area (Å²) in [5.74, 6) is 1.73. The van der Waals surface area contributed by atoms with Crippen LogP contribution in [0.1, 0.15) is 32.6 Å². The number of hydrogen-bond acceptors (Lipinski definition) is 9. The lowest BCUT2D eigenvalue weighted by Crippen LogP contribution is -2.44. The van der Waals surface area contributed by atoms with Crippen LogP contribution in [-0.2, 0) is 11.3 Å². The molecule has 2 aromatic heterocycles. The Morgan fingerprint density at radius 2 is 2.12 bits per heavy atom. The van der Waals surface area contributed by atoms with Crippen molar-refractivity contribution in [3.8, 4) is 11.5 Å². The molecule has 34 heavy (non-hydrogen) atoms. The summed E-state index contributed by atoms with van der Waals surface area (Å²) in [6.07, 6.45) is 4.99. The van der Waals surface area contributed by atoms with Gasteiger partial charge in [-0.15, -0.1) is 0 Å². The average Bonchev–Trinajstić information content (AvgIpc) is 3.43. The summed E-state index contributed by atoms with van der Waals surface area (Å²) in [5.41, 5.74) is 7.35. The first-order chi connectivity index (χ1) is 16.5. The van der Waals surface area contributed by atoms with Gasteiger partial charge in [-0.3, -0.25) is 0 Å². The molecule has 2 aliphatic rings. The predicted molar refractivity (Wildman–Crippen MR) is 130 cm³/mol. The summed E-state index contributed by atoms with van der Waals surface area (Å²) in [5, 5.41) is 0.736. The molecule has 1 atom stereocenters. The summed E-state index contributed by atoms with van der Waals surface area (Å²) < 4.78 is 19.2. The molecular weight excluding hydrogens is 524 g/mol. The first-order valence-electron chi connectivity index (χ1n) is 11.2. The second kappa shape index (κ2) is 9.87. The minimum Gasteiger partial charge on any atom is -0.454 e. The topological polar surface area (TPSA) is 118 Å². The maximum absolute atomic E-state index is 12.5. The highest BCUT2D eigenvalue weighted by Crippen LogP contribution is 2.43. The number of rotatable bonds is 6. The number of halogens is 1. The number of amides is 1. The van der Waals surface area contributed by atoms with Crippen LogP contribution in [0.2, 0.25) is 0 Å². The molecule has 12 heteroatoms. The van der Waals surface area contributed by atoms with E-state index < -0.39 is 0 Å². The number of carbonyl (C=O) groups is 1. The fraction of sp³-hybridized carbons (Fsp3) is 0.455. The van der Waals surface area contributed by atoms with Gasteiger partial charge >= 0.3 is 6.09 Å². The van der Waals surface area contributed by atoms with Gasteiger partial charge in [0.1, 0.15) is 6.33 Å². The van der Waals surface area contributed by atoms with Gasteiger partial charge in [0.15, 0.2) is 33.6 Å². The largest absolute Gasteiger partial charge is 0.454 e. The maximum atomic E-state index is 12.5. The molecule has 180 valence electrons. The van der Waals surface area contributed by atoms with Crippen LogP contribution >= 0.6 is 27.7 Å². The van der Waals surface area contributed by atoms with Gasteiger partial charge in [-0.1, -0.05) is 11.8 Å². The van der Waals surface area contributed by atoms with E-state index in [2.05, 4.69) is 25.9 Å². The third-order valence-corrected chi connectivity index (χ3v) is 7.94. The van der Waals surface area contributed by atoms with E-state index in [0.29, 0.717) is 41.6 Å². The number of benzene rings is 1. The Morgan fingerprint density at radius 3 is 2.94 bits per heavy atom. The molecule has 1 amide bonds. The van der Waals surface area contributed by atoms with E-state index in [9.17, 15) is 4.79 Å². The predicted octanol–water partition coefficient (Wildman–Crippen LogP) is 4.45. The number of likely N-dealkylation sites (tertiary alicyclic amines) is 1. The van der Waals surface area contributed by atoms with Crippen LogP contribution in [0.4, 0.5) is 10.6 Å². The van der Waals surface area contributed by atoms with E-state index in [4.69, 9.17) is 24.9 Å². The molecule has 2 N–H and O–H groups in total. The van der Waals surface area contributed by atoms with Gasteiger partial charge in [0.2, 0.25) is 6.79 Å². The molecule has 0 bridgehead atoms. The quantitative estimate of drug-likeness (QED) is 0.476. The number of imidazole rings is 1. The smallest absolute Gasteiger partial charge is 0.409 e. The van der Waals surface area contributed by atoms with E-state index in [0.717, 1.165) is 46.8 Å². The average molecular weight is 549 g/mol. The Labute approximate surface area is 209 Å². The Hall–Kier alpha value is -2.73. The second-order valence-electron chi connectivity index (χ2n) is 8.05. The van der Waals surface area contributed by atoms with Crippen LogP contribution in [0.5, 0.6) is 11.5 Å². The van der Waals surface area contributed by atoms with Crippen molar-refractivity contribution in [3.05, 3.63) is 22.9 Å². The number of fused-ring (bicyclic) bond motifs is 2. The fourth-order valence-corrected chi connectivity index (χ4v) is 5.82. The van der Waals surface area contributed by atoms with Gasteiger partial charge in [0, 0.05) is 28.5 Å². The Balaban J connectivity index is 1.44. The van der Waals surface area contributed by atoms with Gasteiger partial charge < -0.3 is 29.4 Å². The summed E-state index contributed by atoms with van der Waals surface area (Å²) in [4.78, 5) is 28.6. The van der Waals surface area contributed by atoms with Crippen LogP contribution in [0.3, 0.4) is 0 Å². The number of aromatic nitrogens is 4. The summed E-state index contributed by atoms with van der Waals surface area (Å²) in [6, 6.07) is 3.92. The van der Waals surface area contributed by atoms with E-state index in [1.807, 2.05) is 28.5 Å². The lowest BCUT2D eigenvalue weighted by molar-refractivity contribution is 0.0732. The molecule has 1 unspecified atom stereocenters. The molecule has 5 rings (SSSR count). The van der Waals surface area contributed by atoms with E-state index in [1.165, 1.54) is 18.1 Å². The second-order valence-corrected chi connectivity index (χ2v) is 9.91. The minimum atomic E-state index is -0.242. The summed E-state index contributed by atoms with van der Waals surface area (Å²) in [6.45, 7) is 3.75. The number of nitrogen functional groups attached to an aromatic ring is 1. The van der Waals surface area contributed by atoms with Gasteiger partial charge in [0.05, 0.1) is 6.61 Å². The molecule has 10 nitrogen and oxygen atoms in total. The van der Waals surface area contributed by atoms with Crippen LogP contribution in [0, 0.1) is 0 Å². The highest BCUT2D eigenvalue weighted by Gasteiger charge is 2.28. The van der Waals surface area contributed by atoms with E-state index in [-0.39, 0.29) is 18.9 Å². The summed E-state index contributed by atoms with van der Waals surface area (Å²) in [7, 11) is 0. The zero-order valence-electron chi connectivity index (χ0n) is 18.7. The monoisotopic (exact) mass is 548 g/mol. The van der Waals surface area contributed by atoms with Gasteiger partial charge in [-0.25, -0.2) is 19.7 Å². The number of aryl methyl sites for hydroxylation is 1. The normalized spacial score (nSPS) is 17.4. The minimum absolute atomic E-state index is 0.0968. The molecule has 4 heterocycles. The Morgan fingerprint density at radius 1 is 1.29 bits per heavy atom. The zero-order chi connectivity index (χ0) is 23.7. The van der Waals surface area contributed by atoms with Crippen LogP contribution in [0.15, 0.2) is 33.0 Å². The molecule has 1 aromatic carbocycles. The van der Waals surface area contributed by atoms with Crippen molar-refractivity contribution in [2.45, 2.75) is 55.2 Å². The Bertz CT molecular complexity index is 1220. The van der Waals surface area contributed by atoms with Crippen LogP contribution in [0.25, 0.3) is 11.2 Å². The van der Waals surface area contributed by atoms with Crippen molar-refractivity contribution < 1.29 is 19.0 Å². The lowest BCUT2D eigenvalue weighted by Gasteiger charge is -2.35. The molecule has 0 saturated carbocycles. The van der Waals surface area contributed by atoms with Crippen LogP contribution in [-0.4, -0.2) is 56.5 Å². The van der Waals surface area contributed by atoms with E-state index in [1.54, 1.807) is 0 Å². The third-order valence-electron chi connectivity index (χ3n) is 5.97. The van der Waals surface area contributed by atoms with Crippen molar-refractivity contribution in [2.24, 2.45) is 0 Å². The Kier molecular flexibility index (Phi) is 6.68. The third kappa shape index (κ3) is 4.48. The first-order valence-corrected chi connectivity index (χ1v) is 12.8. The number of carbonyl (C=O) groups excluding carboxylic acids is 1. The molecule has 0 spiro atoms. The molecule has 1 fully saturated rings. The maximum Gasteiger partial charge on any atom is 0.409 e. The molecular formula is C22H25BrN6O4S. The number of hydrogen-bond donors (Lipinski definition) is 1. The van der Waals surface area contributed by atoms with Gasteiger partial charge in [-0.2, -0.15) is 0 Å². The first kappa shape index (κ1) is 23.0. The van der Waals surface area contributed by atoms with Crippen molar-refractivity contribution in [1.82, 2.24) is 24.4 Å². The highest BCUT2D eigenvalue weighted by molar-refractivity contribution is 9.10.